The lowest BCUT2D eigenvalue weighted by atomic mass is 10.0. The van der Waals surface area contributed by atoms with Gasteiger partial charge >= 0.3 is 0 Å². The Labute approximate surface area is 269 Å². The molecule has 8 nitrogen and oxygen atoms in total. The molecule has 0 saturated carbocycles. The Balaban J connectivity index is 1.16. The van der Waals surface area contributed by atoms with Crippen LogP contribution in [0.4, 0.5) is 0 Å². The molecular weight excluding hydrogens is 576 g/mol. The van der Waals surface area contributed by atoms with Crippen LogP contribution in [0.2, 0.25) is 0 Å². The van der Waals surface area contributed by atoms with Crippen molar-refractivity contribution >= 4 is 22.6 Å². The van der Waals surface area contributed by atoms with E-state index in [9.17, 15) is 9.59 Å². The van der Waals surface area contributed by atoms with Gasteiger partial charge in [-0.25, -0.2) is 0 Å². The zero-order valence-corrected chi connectivity index (χ0v) is 26.6. The molecule has 2 atom stereocenters. The van der Waals surface area contributed by atoms with Gasteiger partial charge in [-0.05, 0) is 79.8 Å². The lowest BCUT2D eigenvalue weighted by molar-refractivity contribution is -0.0535. The van der Waals surface area contributed by atoms with E-state index < -0.39 is 0 Å². The van der Waals surface area contributed by atoms with E-state index in [4.69, 9.17) is 14.2 Å². The Morgan fingerprint density at radius 2 is 1.52 bits per heavy atom. The summed E-state index contributed by atoms with van der Waals surface area (Å²) in [7, 11) is 0. The maximum atomic E-state index is 14.0. The molecule has 6 rings (SSSR count). The average Bonchev–Trinajstić information content (AvgIpc) is 3.70. The van der Waals surface area contributed by atoms with Gasteiger partial charge in [0.1, 0.15) is 6.04 Å². The van der Waals surface area contributed by atoms with Crippen LogP contribution >= 0.6 is 0 Å². The topological polar surface area (TPSA) is 97.6 Å². The molecular formula is C38H40N4O4. The minimum Gasteiger partial charge on any atom is -0.371 e. The third-order valence-electron chi connectivity index (χ3n) is 8.17. The number of rotatable bonds is 10. The first kappa shape index (κ1) is 31.2. The smallest absolute Gasteiger partial charge is 0.254 e. The predicted molar refractivity (Wildman–Crippen MR) is 177 cm³/mol. The summed E-state index contributed by atoms with van der Waals surface area (Å²) >= 11 is 0. The Bertz CT molecular complexity index is 1800. The van der Waals surface area contributed by atoms with Gasteiger partial charge in [0.2, 0.25) is 5.89 Å². The van der Waals surface area contributed by atoms with Crippen LogP contribution in [-0.4, -0.2) is 45.1 Å². The Morgan fingerprint density at radius 1 is 0.870 bits per heavy atom. The number of amides is 2. The summed E-state index contributed by atoms with van der Waals surface area (Å²) in [5.41, 5.74) is 3.08. The molecule has 8 heteroatoms. The van der Waals surface area contributed by atoms with Crippen molar-refractivity contribution in [3.63, 3.8) is 0 Å². The summed E-state index contributed by atoms with van der Waals surface area (Å²) in [4.78, 5) is 33.4. The van der Waals surface area contributed by atoms with Crippen LogP contribution in [-0.2, 0) is 24.1 Å². The molecule has 0 spiro atoms. The zero-order valence-electron chi connectivity index (χ0n) is 26.6. The first-order valence-corrected chi connectivity index (χ1v) is 15.9. The highest BCUT2D eigenvalue weighted by Gasteiger charge is 2.41. The average molecular weight is 617 g/mol. The highest BCUT2D eigenvalue weighted by atomic mass is 16.5. The van der Waals surface area contributed by atoms with Crippen molar-refractivity contribution in [1.29, 1.82) is 0 Å². The van der Waals surface area contributed by atoms with Crippen molar-refractivity contribution in [3.05, 3.63) is 131 Å². The fourth-order valence-corrected chi connectivity index (χ4v) is 6.01. The van der Waals surface area contributed by atoms with Gasteiger partial charge in [0.05, 0.1) is 11.7 Å². The van der Waals surface area contributed by atoms with Crippen molar-refractivity contribution in [1.82, 2.24) is 20.4 Å². The van der Waals surface area contributed by atoms with Gasteiger partial charge in [0.15, 0.2) is 5.82 Å². The summed E-state index contributed by atoms with van der Waals surface area (Å²) in [5.74, 6) is 0.818. The number of likely N-dealkylation sites (tertiary alicyclic amines) is 1. The molecule has 2 heterocycles. The van der Waals surface area contributed by atoms with Gasteiger partial charge in [-0.15, -0.1) is 0 Å². The fourth-order valence-electron chi connectivity index (χ4n) is 6.01. The van der Waals surface area contributed by atoms with Gasteiger partial charge in [0.25, 0.3) is 11.8 Å². The van der Waals surface area contributed by atoms with Crippen LogP contribution in [0, 0.1) is 0 Å². The zero-order chi connectivity index (χ0) is 32.1. The molecule has 1 aliphatic rings. The number of fused-ring (bicyclic) bond motifs is 1. The van der Waals surface area contributed by atoms with E-state index in [2.05, 4.69) is 22.6 Å². The first-order chi connectivity index (χ1) is 22.2. The van der Waals surface area contributed by atoms with Crippen LogP contribution in [0.3, 0.4) is 0 Å². The standard InChI is InChI=1S/C38H40N4O4/c1-38(2,3)45-32-23-33(36-40-34(41-46-36)16-10-15-26-11-6-4-7-12-26)42(25-32)37(44)31-20-18-28-21-30(19-17-29(28)22-31)35(43)39-24-27-13-8-5-9-14-27/h4-9,11-14,17-22,32-33H,10,15-16,23-25H2,1-3H3,(H,39,43)/t32-,33-/m1/s1. The van der Waals surface area contributed by atoms with Crippen LogP contribution in [0.25, 0.3) is 10.8 Å². The summed E-state index contributed by atoms with van der Waals surface area (Å²) in [5, 5.41) is 8.99. The molecule has 1 aromatic heterocycles. The normalized spacial score (nSPS) is 16.5. The number of hydrogen-bond donors (Lipinski definition) is 1. The van der Waals surface area contributed by atoms with Gasteiger partial charge in [-0.1, -0.05) is 78.0 Å². The van der Waals surface area contributed by atoms with Gasteiger partial charge in [-0.2, -0.15) is 4.98 Å². The molecule has 0 radical (unpaired) electrons. The van der Waals surface area contributed by atoms with Crippen molar-refractivity contribution in [2.75, 3.05) is 6.54 Å². The minimum absolute atomic E-state index is 0.125. The van der Waals surface area contributed by atoms with E-state index in [1.54, 1.807) is 11.0 Å². The summed E-state index contributed by atoms with van der Waals surface area (Å²) in [6, 6.07) is 30.9. The van der Waals surface area contributed by atoms with Crippen molar-refractivity contribution in [2.45, 2.75) is 70.7 Å². The molecule has 5 aromatic rings. The quantitative estimate of drug-likeness (QED) is 0.180. The Kier molecular flexibility index (Phi) is 9.26. The highest BCUT2D eigenvalue weighted by Crippen LogP contribution is 2.36. The van der Waals surface area contributed by atoms with Crippen LogP contribution in [0.5, 0.6) is 0 Å². The molecule has 0 unspecified atom stereocenters. The maximum Gasteiger partial charge on any atom is 0.254 e. The molecule has 0 bridgehead atoms. The minimum atomic E-state index is -0.387. The molecule has 1 fully saturated rings. The van der Waals surface area contributed by atoms with Gasteiger partial charge in [0, 0.05) is 37.1 Å². The van der Waals surface area contributed by atoms with Crippen molar-refractivity contribution in [2.24, 2.45) is 0 Å². The van der Waals surface area contributed by atoms with E-state index in [-0.39, 0.29) is 29.6 Å². The Hall–Kier alpha value is -4.82. The number of ether oxygens (including phenoxy) is 1. The largest absolute Gasteiger partial charge is 0.371 e. The van der Waals surface area contributed by atoms with Gasteiger partial charge < -0.3 is 19.5 Å². The second kappa shape index (κ2) is 13.7. The van der Waals surface area contributed by atoms with Gasteiger partial charge in [-0.3, -0.25) is 9.59 Å². The molecule has 1 N–H and O–H groups in total. The lowest BCUT2D eigenvalue weighted by Crippen LogP contribution is -2.34. The van der Waals surface area contributed by atoms with E-state index in [1.807, 2.05) is 99.6 Å². The molecule has 46 heavy (non-hydrogen) atoms. The van der Waals surface area contributed by atoms with Crippen LogP contribution < -0.4 is 5.32 Å². The SMILES string of the molecule is CC(C)(C)O[C@@H]1C[C@H](c2nc(CCCc3ccccc3)no2)N(C(=O)c2ccc3cc(C(=O)NCc4ccccc4)ccc3c2)C1. The second-order valence-corrected chi connectivity index (χ2v) is 12.9. The van der Waals surface area contributed by atoms with Crippen LogP contribution in [0.15, 0.2) is 102 Å². The third kappa shape index (κ3) is 7.69. The number of carbonyl (C=O) groups is 2. The number of nitrogens with one attached hydrogen (secondary N) is 1. The monoisotopic (exact) mass is 616 g/mol. The fraction of sp³-hybridized carbons (Fsp3) is 0.316. The van der Waals surface area contributed by atoms with Crippen molar-refractivity contribution in [3.8, 4) is 0 Å². The number of aromatic nitrogens is 2. The Morgan fingerprint density at radius 3 is 2.22 bits per heavy atom. The number of nitrogens with zero attached hydrogens (tertiary/aromatic N) is 3. The van der Waals surface area contributed by atoms with E-state index in [0.29, 0.717) is 48.8 Å². The summed E-state index contributed by atoms with van der Waals surface area (Å²) in [6.07, 6.45) is 2.93. The first-order valence-electron chi connectivity index (χ1n) is 15.9. The summed E-state index contributed by atoms with van der Waals surface area (Å²) < 4.78 is 12.1. The number of aryl methyl sites for hydroxylation is 2. The van der Waals surface area contributed by atoms with E-state index >= 15 is 0 Å². The van der Waals surface area contributed by atoms with Crippen LogP contribution in [0.1, 0.15) is 83.2 Å². The molecule has 0 aliphatic carbocycles. The molecule has 4 aromatic carbocycles. The lowest BCUT2D eigenvalue weighted by Gasteiger charge is -2.25. The summed E-state index contributed by atoms with van der Waals surface area (Å²) in [6.45, 7) is 6.93. The number of carbonyl (C=O) groups excluding carboxylic acids is 2. The van der Waals surface area contributed by atoms with Crippen molar-refractivity contribution < 1.29 is 18.8 Å². The second-order valence-electron chi connectivity index (χ2n) is 12.9. The van der Waals surface area contributed by atoms with E-state index in [1.165, 1.54) is 5.56 Å². The van der Waals surface area contributed by atoms with E-state index in [0.717, 1.165) is 29.2 Å². The maximum absolute atomic E-state index is 14.0. The predicted octanol–water partition coefficient (Wildman–Crippen LogP) is 7.10. The molecule has 1 saturated heterocycles. The molecule has 236 valence electrons. The molecule has 2 amide bonds. The third-order valence-corrected chi connectivity index (χ3v) is 8.17. The molecule has 1 aliphatic heterocycles. The number of benzene rings is 4. The number of hydrogen-bond acceptors (Lipinski definition) is 6. The highest BCUT2D eigenvalue weighted by molar-refractivity contribution is 6.02.